The van der Waals surface area contributed by atoms with Crippen LogP contribution < -0.4 is 0 Å². The van der Waals surface area contributed by atoms with E-state index in [2.05, 4.69) is 0 Å². The fourth-order valence-corrected chi connectivity index (χ4v) is 7.22. The van der Waals surface area contributed by atoms with Gasteiger partial charge in [-0.1, -0.05) is 0 Å². The van der Waals surface area contributed by atoms with Crippen molar-refractivity contribution in [2.24, 2.45) is 29.1 Å². The molecule has 4 aliphatic carbocycles. The van der Waals surface area contributed by atoms with Crippen molar-refractivity contribution in [2.75, 3.05) is 13.7 Å². The van der Waals surface area contributed by atoms with Crippen molar-refractivity contribution in [1.82, 2.24) is 0 Å². The zero-order valence-corrected chi connectivity index (χ0v) is 13.7. The summed E-state index contributed by atoms with van der Waals surface area (Å²) in [7, 11) is 1.42. The second-order valence-electron chi connectivity index (χ2n) is 8.29. The molecule has 4 bridgehead atoms. The van der Waals surface area contributed by atoms with Crippen molar-refractivity contribution < 1.29 is 19.4 Å². The largest absolute Gasteiger partial charge is 0.467 e. The molecule has 0 aliphatic heterocycles. The molecule has 4 fully saturated rings. The summed E-state index contributed by atoms with van der Waals surface area (Å²) in [6.45, 7) is 1.97. The molecule has 1 N–H and O–H groups in total. The molecular weight excluding hydrogens is 280 g/mol. The van der Waals surface area contributed by atoms with E-state index in [1.54, 1.807) is 0 Å². The van der Waals surface area contributed by atoms with E-state index in [1.165, 1.54) is 39.2 Å². The topological polar surface area (TPSA) is 55.8 Å². The fraction of sp³-hybridized carbons (Fsp3) is 0.944. The van der Waals surface area contributed by atoms with Gasteiger partial charge in [0, 0.05) is 5.41 Å². The third-order valence-corrected chi connectivity index (χ3v) is 7.41. The summed E-state index contributed by atoms with van der Waals surface area (Å²) in [5.41, 5.74) is -0.0750. The van der Waals surface area contributed by atoms with Gasteiger partial charge in [0.2, 0.25) is 0 Å². The van der Waals surface area contributed by atoms with Gasteiger partial charge in [-0.2, -0.15) is 0 Å². The molecule has 7 unspecified atom stereocenters. The molecule has 4 aliphatic rings. The Bertz CT molecular complexity index is 476. The predicted octanol–water partition coefficient (Wildman–Crippen LogP) is 2.53. The minimum Gasteiger partial charge on any atom is -0.467 e. The fourth-order valence-electron chi connectivity index (χ4n) is 7.22. The van der Waals surface area contributed by atoms with Crippen LogP contribution >= 0.6 is 0 Å². The highest BCUT2D eigenvalue weighted by Crippen LogP contribution is 2.76. The molecule has 4 nitrogen and oxygen atoms in total. The Morgan fingerprint density at radius 2 is 2.14 bits per heavy atom. The number of carbonyl (C=O) groups is 1. The summed E-state index contributed by atoms with van der Waals surface area (Å²) >= 11 is 0. The van der Waals surface area contributed by atoms with E-state index in [0.717, 1.165) is 24.7 Å². The minimum atomic E-state index is -0.296. The van der Waals surface area contributed by atoms with Crippen molar-refractivity contribution >= 4 is 5.97 Å². The van der Waals surface area contributed by atoms with Crippen molar-refractivity contribution in [3.05, 3.63) is 0 Å². The summed E-state index contributed by atoms with van der Waals surface area (Å²) in [4.78, 5) is 11.7. The van der Waals surface area contributed by atoms with E-state index in [9.17, 15) is 9.90 Å². The molecule has 0 amide bonds. The number of hydrogen-bond acceptors (Lipinski definition) is 4. The number of aliphatic hydroxyl groups is 1. The Morgan fingerprint density at radius 1 is 1.32 bits per heavy atom. The first kappa shape index (κ1) is 14.9. The molecule has 22 heavy (non-hydrogen) atoms. The Morgan fingerprint density at radius 3 is 2.86 bits per heavy atom. The number of carbonyl (C=O) groups excluding carboxylic acids is 1. The van der Waals surface area contributed by atoms with Gasteiger partial charge in [0.15, 0.2) is 0 Å². The number of esters is 1. The van der Waals surface area contributed by atoms with Crippen LogP contribution in [-0.4, -0.2) is 36.5 Å². The number of rotatable bonds is 5. The highest BCUT2D eigenvalue weighted by Gasteiger charge is 2.76. The van der Waals surface area contributed by atoms with Crippen LogP contribution in [0, 0.1) is 29.1 Å². The molecule has 0 aromatic heterocycles. The Balaban J connectivity index is 1.70. The normalized spacial score (nSPS) is 49.4. The van der Waals surface area contributed by atoms with Crippen molar-refractivity contribution in [3.63, 3.8) is 0 Å². The molecule has 0 spiro atoms. The zero-order chi connectivity index (χ0) is 15.5. The maximum Gasteiger partial charge on any atom is 0.331 e. The molecule has 0 aromatic carbocycles. The van der Waals surface area contributed by atoms with Gasteiger partial charge < -0.3 is 14.6 Å². The summed E-state index contributed by atoms with van der Waals surface area (Å²) < 4.78 is 11.3. The van der Waals surface area contributed by atoms with Gasteiger partial charge in [0.1, 0.15) is 6.61 Å². The lowest BCUT2D eigenvalue weighted by molar-refractivity contribution is -0.201. The van der Waals surface area contributed by atoms with E-state index < -0.39 is 0 Å². The molecule has 7 atom stereocenters. The van der Waals surface area contributed by atoms with Crippen LogP contribution in [0.25, 0.3) is 0 Å². The van der Waals surface area contributed by atoms with E-state index in [0.29, 0.717) is 11.8 Å². The van der Waals surface area contributed by atoms with Gasteiger partial charge >= 0.3 is 5.97 Å². The molecule has 4 heteroatoms. The van der Waals surface area contributed by atoms with Crippen LogP contribution in [0.4, 0.5) is 0 Å². The first-order valence-corrected chi connectivity index (χ1v) is 8.91. The third kappa shape index (κ3) is 1.74. The monoisotopic (exact) mass is 308 g/mol. The summed E-state index contributed by atoms with van der Waals surface area (Å²) in [6, 6.07) is 0. The lowest BCUT2D eigenvalue weighted by Gasteiger charge is -2.53. The van der Waals surface area contributed by atoms with Crippen LogP contribution in [0.15, 0.2) is 0 Å². The molecule has 4 saturated carbocycles. The zero-order valence-electron chi connectivity index (χ0n) is 13.7. The highest BCUT2D eigenvalue weighted by atomic mass is 16.6. The predicted molar refractivity (Wildman–Crippen MR) is 81.1 cm³/mol. The van der Waals surface area contributed by atoms with Gasteiger partial charge in [-0.25, -0.2) is 4.79 Å². The van der Waals surface area contributed by atoms with Crippen LogP contribution in [-0.2, 0) is 14.3 Å². The number of ether oxygens (including phenoxy) is 2. The Kier molecular flexibility index (Phi) is 3.36. The number of hydrogen-bond donors (Lipinski definition) is 1. The lowest BCUT2D eigenvalue weighted by Crippen LogP contribution is -2.57. The summed E-state index contributed by atoms with van der Waals surface area (Å²) in [5.74, 6) is 2.45. The Labute approximate surface area is 132 Å². The van der Waals surface area contributed by atoms with Gasteiger partial charge in [0.05, 0.1) is 18.8 Å². The minimum absolute atomic E-state index is 0.0739. The standard InChI is InChI=1S/C18H28O4/c1-11(19)8-17-6-5-13(9-17)16-12-3-4-14(7-12)18(16,17)22-10-15(20)21-2/h11-14,16,19H,3-10H2,1-2H3. The quantitative estimate of drug-likeness (QED) is 0.626. The molecule has 4 rings (SSSR count). The van der Waals surface area contributed by atoms with E-state index in [-0.39, 0.29) is 29.7 Å². The van der Waals surface area contributed by atoms with Crippen LogP contribution in [0.5, 0.6) is 0 Å². The highest BCUT2D eigenvalue weighted by molar-refractivity contribution is 5.70. The van der Waals surface area contributed by atoms with Gasteiger partial charge in [-0.05, 0) is 75.5 Å². The average Bonchev–Trinajstić information content (AvgIpc) is 3.20. The SMILES string of the molecule is COC(=O)COC12C3CCC(C3)C1C1CCC2(CC(C)O)C1. The number of methoxy groups -OCH3 is 1. The first-order chi connectivity index (χ1) is 10.5. The molecule has 124 valence electrons. The molecule has 0 heterocycles. The molecule has 0 saturated heterocycles. The summed E-state index contributed by atoms with van der Waals surface area (Å²) in [6.07, 6.45) is 7.99. The maximum absolute atomic E-state index is 11.7. The number of fused-ring (bicyclic) bond motifs is 9. The smallest absolute Gasteiger partial charge is 0.331 e. The van der Waals surface area contributed by atoms with E-state index in [4.69, 9.17) is 9.47 Å². The van der Waals surface area contributed by atoms with E-state index >= 15 is 0 Å². The lowest BCUT2D eigenvalue weighted by atomic mass is 9.59. The average molecular weight is 308 g/mol. The summed E-state index contributed by atoms with van der Waals surface area (Å²) in [5, 5.41) is 10.1. The van der Waals surface area contributed by atoms with Gasteiger partial charge in [-0.15, -0.1) is 0 Å². The van der Waals surface area contributed by atoms with Crippen molar-refractivity contribution in [2.45, 2.75) is 63.6 Å². The molecule has 0 radical (unpaired) electrons. The molecular formula is C18H28O4. The second-order valence-corrected chi connectivity index (χ2v) is 8.29. The molecule has 0 aromatic rings. The van der Waals surface area contributed by atoms with Crippen LogP contribution in [0.2, 0.25) is 0 Å². The third-order valence-electron chi connectivity index (χ3n) is 7.41. The van der Waals surface area contributed by atoms with Gasteiger partial charge in [-0.3, -0.25) is 0 Å². The number of aliphatic hydroxyl groups excluding tert-OH is 1. The Hall–Kier alpha value is -0.610. The van der Waals surface area contributed by atoms with Gasteiger partial charge in [0.25, 0.3) is 0 Å². The van der Waals surface area contributed by atoms with Crippen LogP contribution in [0.3, 0.4) is 0 Å². The van der Waals surface area contributed by atoms with Crippen molar-refractivity contribution in [1.29, 1.82) is 0 Å². The second kappa shape index (κ2) is 4.94. The van der Waals surface area contributed by atoms with Crippen molar-refractivity contribution in [3.8, 4) is 0 Å². The van der Waals surface area contributed by atoms with Crippen LogP contribution in [0.1, 0.15) is 51.9 Å². The first-order valence-electron chi connectivity index (χ1n) is 8.91. The van der Waals surface area contributed by atoms with E-state index in [1.807, 2.05) is 6.92 Å². The maximum atomic E-state index is 11.7.